The summed E-state index contributed by atoms with van der Waals surface area (Å²) in [5, 5.41) is 15.8. The fraction of sp³-hybridized carbons (Fsp3) is 0.200. The zero-order valence-electron chi connectivity index (χ0n) is 12.1. The molecule has 0 heterocycles. The minimum atomic E-state index is -3.64. The van der Waals surface area contributed by atoms with Gasteiger partial charge in [0.2, 0.25) is 0 Å². The van der Waals surface area contributed by atoms with Crippen LogP contribution in [0.1, 0.15) is 0 Å². The first-order valence-electron chi connectivity index (χ1n) is 6.67. The Morgan fingerprint density at radius 3 is 2.30 bits per heavy atom. The maximum atomic E-state index is 11.2. The first kappa shape index (κ1) is 19.0. The van der Waals surface area contributed by atoms with E-state index in [4.69, 9.17) is 5.14 Å². The van der Waals surface area contributed by atoms with Crippen LogP contribution < -0.4 is 9.60 Å². The molecule has 2 aromatic rings. The van der Waals surface area contributed by atoms with E-state index in [1.807, 2.05) is 24.3 Å². The van der Waals surface area contributed by atoms with E-state index in [-0.39, 0.29) is 26.0 Å². The monoisotopic (exact) mass is 481 g/mol. The molecule has 2 rings (SSSR count). The van der Waals surface area contributed by atoms with Crippen molar-refractivity contribution >= 4 is 57.1 Å². The number of aliphatic hydroxyl groups is 1. The van der Waals surface area contributed by atoms with E-state index in [0.29, 0.717) is 11.1 Å². The van der Waals surface area contributed by atoms with Crippen LogP contribution in [0.2, 0.25) is 5.32 Å². The molecule has 8 heteroatoms. The summed E-state index contributed by atoms with van der Waals surface area (Å²) < 4.78 is 24.5. The van der Waals surface area contributed by atoms with Crippen LogP contribution in [-0.4, -0.2) is 40.3 Å². The number of hydrogen-bond acceptors (Lipinski definition) is 4. The molecule has 23 heavy (non-hydrogen) atoms. The average Bonchev–Trinajstić information content (AvgIpc) is 2.52. The molecular weight excluding hydrogens is 465 g/mol. The number of sulfonamides is 1. The number of halogens is 1. The molecule has 4 nitrogen and oxygen atoms in total. The van der Waals surface area contributed by atoms with Crippen molar-refractivity contribution in [3.8, 4) is 0 Å². The van der Waals surface area contributed by atoms with Crippen molar-refractivity contribution in [2.24, 2.45) is 5.14 Å². The Morgan fingerprint density at radius 1 is 1.13 bits per heavy atom. The fourth-order valence-electron chi connectivity index (χ4n) is 1.69. The van der Waals surface area contributed by atoms with Crippen LogP contribution in [0, 0.1) is 0 Å². The van der Waals surface area contributed by atoms with Gasteiger partial charge in [-0.05, 0) is 0 Å². The Bertz CT molecular complexity index is 736. The molecule has 0 bridgehead atoms. The molecule has 3 N–H and O–H groups in total. The maximum absolute atomic E-state index is 11.2. The molecule has 0 aliphatic carbocycles. The fourth-order valence-corrected chi connectivity index (χ4v) is 5.38. The zero-order chi connectivity index (χ0) is 16.9. The van der Waals surface area contributed by atoms with Gasteiger partial charge in [0.1, 0.15) is 0 Å². The van der Waals surface area contributed by atoms with Gasteiger partial charge >= 0.3 is 156 Å². The van der Waals surface area contributed by atoms with Crippen molar-refractivity contribution in [2.75, 3.05) is 5.75 Å². The number of rotatable bonds is 7. The van der Waals surface area contributed by atoms with Crippen LogP contribution >= 0.6 is 27.7 Å². The Balaban J connectivity index is 1.80. The molecule has 1 atom stereocenters. The number of hydrogen-bond donors (Lipinski definition) is 2. The SMILES string of the molecule is NS(=O)(=O)c1ccc([Se]CC(O)CSc2ccc(Br)cc2)cc1. The first-order chi connectivity index (χ1) is 10.8. The minimum absolute atomic E-state index is 0.0938. The molecule has 0 amide bonds. The van der Waals surface area contributed by atoms with Crippen LogP contribution in [0.15, 0.2) is 62.8 Å². The summed E-state index contributed by atoms with van der Waals surface area (Å²) in [6.07, 6.45) is -0.387. The van der Waals surface area contributed by atoms with Crippen molar-refractivity contribution in [3.63, 3.8) is 0 Å². The van der Waals surface area contributed by atoms with Gasteiger partial charge in [-0.1, -0.05) is 0 Å². The third kappa shape index (κ3) is 6.58. The molecule has 0 saturated carbocycles. The van der Waals surface area contributed by atoms with E-state index in [0.717, 1.165) is 13.8 Å². The average molecular weight is 481 g/mol. The van der Waals surface area contributed by atoms with E-state index in [1.54, 1.807) is 23.9 Å². The standard InChI is InChI=1S/C15H16BrNO3S2Se/c16-11-1-3-13(4-2-11)21-9-12(18)10-23-15-7-5-14(6-8-15)22(17,19)20/h1-8,12,18H,9-10H2,(H2,17,19,20). The molecule has 1 unspecified atom stereocenters. The van der Waals surface area contributed by atoms with E-state index in [1.165, 1.54) is 12.1 Å². The number of aliphatic hydroxyl groups excluding tert-OH is 1. The van der Waals surface area contributed by atoms with Gasteiger partial charge in [0.05, 0.1) is 0 Å². The van der Waals surface area contributed by atoms with Gasteiger partial charge in [-0.3, -0.25) is 0 Å². The molecule has 0 spiro atoms. The molecule has 124 valence electrons. The van der Waals surface area contributed by atoms with Crippen LogP contribution in [-0.2, 0) is 10.0 Å². The van der Waals surface area contributed by atoms with E-state index >= 15 is 0 Å². The van der Waals surface area contributed by atoms with Gasteiger partial charge in [0.25, 0.3) is 0 Å². The number of thioether (sulfide) groups is 1. The molecular formula is C15H16BrNO3S2Se. The number of benzene rings is 2. The Hall–Kier alpha value is -0.341. The van der Waals surface area contributed by atoms with Crippen LogP contribution in [0.25, 0.3) is 0 Å². The summed E-state index contributed by atoms with van der Waals surface area (Å²) in [5.41, 5.74) is 0. The predicted octanol–water partition coefficient (Wildman–Crippen LogP) is 2.00. The van der Waals surface area contributed by atoms with Crippen LogP contribution in [0.5, 0.6) is 0 Å². The van der Waals surface area contributed by atoms with E-state index in [9.17, 15) is 13.5 Å². The Kier molecular flexibility index (Phi) is 7.16. The van der Waals surface area contributed by atoms with Gasteiger partial charge in [-0.2, -0.15) is 0 Å². The van der Waals surface area contributed by atoms with Crippen molar-refractivity contribution in [2.45, 2.75) is 21.2 Å². The summed E-state index contributed by atoms with van der Waals surface area (Å²) >= 11 is 5.11. The summed E-state index contributed by atoms with van der Waals surface area (Å²) in [6, 6.07) is 14.5. The van der Waals surface area contributed by atoms with E-state index < -0.39 is 10.0 Å². The van der Waals surface area contributed by atoms with Gasteiger partial charge in [-0.25, -0.2) is 0 Å². The molecule has 0 fully saturated rings. The number of nitrogens with two attached hydrogens (primary N) is 1. The second kappa shape index (κ2) is 8.67. The normalized spacial score (nSPS) is 13.0. The second-order valence-electron chi connectivity index (χ2n) is 4.75. The molecule has 0 aliphatic rings. The van der Waals surface area contributed by atoms with Crippen LogP contribution in [0.3, 0.4) is 0 Å². The topological polar surface area (TPSA) is 80.4 Å². The summed E-state index contributed by atoms with van der Waals surface area (Å²) in [5.74, 6) is 0.638. The molecule has 0 radical (unpaired) electrons. The Morgan fingerprint density at radius 2 is 1.74 bits per heavy atom. The first-order valence-corrected chi connectivity index (χ1v) is 12.1. The molecule has 0 aromatic heterocycles. The molecule has 2 aromatic carbocycles. The van der Waals surface area contributed by atoms with Crippen molar-refractivity contribution in [1.82, 2.24) is 0 Å². The quantitative estimate of drug-likeness (QED) is 0.469. The number of primary sulfonamides is 1. The molecule has 0 aliphatic heterocycles. The third-order valence-corrected chi connectivity index (χ3v) is 7.89. The second-order valence-corrected chi connectivity index (χ2v) is 10.6. The van der Waals surface area contributed by atoms with Crippen molar-refractivity contribution < 1.29 is 13.5 Å². The van der Waals surface area contributed by atoms with Gasteiger partial charge < -0.3 is 0 Å². The third-order valence-electron chi connectivity index (χ3n) is 2.85. The summed E-state index contributed by atoms with van der Waals surface area (Å²) in [4.78, 5) is 1.24. The van der Waals surface area contributed by atoms with Crippen LogP contribution in [0.4, 0.5) is 0 Å². The summed E-state index contributed by atoms with van der Waals surface area (Å²) in [7, 11) is -3.64. The summed E-state index contributed by atoms with van der Waals surface area (Å²) in [6.45, 7) is 0. The predicted molar refractivity (Wildman–Crippen MR) is 98.9 cm³/mol. The van der Waals surface area contributed by atoms with Gasteiger partial charge in [-0.15, -0.1) is 0 Å². The Labute approximate surface area is 155 Å². The molecule has 0 saturated heterocycles. The van der Waals surface area contributed by atoms with Gasteiger partial charge in [0.15, 0.2) is 0 Å². The zero-order valence-corrected chi connectivity index (χ0v) is 17.0. The van der Waals surface area contributed by atoms with Gasteiger partial charge in [0, 0.05) is 0 Å². The van der Waals surface area contributed by atoms with Crippen molar-refractivity contribution in [3.05, 3.63) is 53.0 Å². The van der Waals surface area contributed by atoms with E-state index in [2.05, 4.69) is 15.9 Å². The van der Waals surface area contributed by atoms with Crippen molar-refractivity contribution in [1.29, 1.82) is 0 Å².